The maximum atomic E-state index is 15.5. The van der Waals surface area contributed by atoms with E-state index in [1.165, 1.54) is 9.80 Å². The number of benzene rings is 5. The van der Waals surface area contributed by atoms with Crippen LogP contribution >= 0.6 is 11.6 Å². The molecule has 2 unspecified atom stereocenters. The molecule has 324 valence electrons. The number of hydrogen-bond acceptors (Lipinski definition) is 7. The third-order valence-corrected chi connectivity index (χ3v) is 13.2. The third-order valence-electron chi connectivity index (χ3n) is 13.0. The molecule has 0 radical (unpaired) electrons. The zero-order valence-electron chi connectivity index (χ0n) is 36.2. The molecule has 63 heavy (non-hydrogen) atoms. The van der Waals surface area contributed by atoms with Crippen LogP contribution in [0.15, 0.2) is 121 Å². The topological polar surface area (TPSA) is 118 Å². The lowest BCUT2D eigenvalue weighted by atomic mass is 9.79. The Labute approximate surface area is 372 Å². The molecule has 4 fully saturated rings. The molecule has 4 aliphatic rings. The summed E-state index contributed by atoms with van der Waals surface area (Å²) >= 11 is 6.55. The first-order valence-corrected chi connectivity index (χ1v) is 22.0. The third kappa shape index (κ3) is 6.66. The van der Waals surface area contributed by atoms with Crippen LogP contribution in [0.3, 0.4) is 0 Å². The van der Waals surface area contributed by atoms with Gasteiger partial charge in [0.2, 0.25) is 12.3 Å². The summed E-state index contributed by atoms with van der Waals surface area (Å²) in [6.07, 6.45) is -3.00. The van der Waals surface area contributed by atoms with E-state index >= 15 is 14.4 Å². The number of nitrogens with zero attached hydrogens (tertiary/aromatic N) is 3. The number of rotatable bonds is 16. The average Bonchev–Trinajstić information content (AvgIpc) is 4.08. The Morgan fingerprint density at radius 1 is 0.889 bits per heavy atom. The Kier molecular flexibility index (Phi) is 10.8. The summed E-state index contributed by atoms with van der Waals surface area (Å²) in [5.41, 5.74) is 2.70. The minimum atomic E-state index is -1.51. The lowest BCUT2D eigenvalue weighted by Gasteiger charge is -2.58. The smallest absolute Gasteiger partial charge is 0.264 e. The van der Waals surface area contributed by atoms with Gasteiger partial charge in [-0.05, 0) is 110 Å². The van der Waals surface area contributed by atoms with Crippen molar-refractivity contribution in [3.8, 4) is 11.5 Å². The Morgan fingerprint density at radius 2 is 1.62 bits per heavy atom. The van der Waals surface area contributed by atoms with Crippen LogP contribution in [0, 0.1) is 18.3 Å². The zero-order chi connectivity index (χ0) is 44.4. The van der Waals surface area contributed by atoms with Gasteiger partial charge >= 0.3 is 0 Å². The number of amides is 4. The highest BCUT2D eigenvalue weighted by Crippen LogP contribution is 2.99. The second kappa shape index (κ2) is 16.2. The number of likely N-dealkylation sites (tertiary alicyclic amines) is 1. The molecule has 11 nitrogen and oxygen atoms in total. The molecule has 4 amide bonds. The number of halogens is 1. The summed E-state index contributed by atoms with van der Waals surface area (Å²) in [6.45, 7) is 12.3. The van der Waals surface area contributed by atoms with Crippen molar-refractivity contribution in [2.75, 3.05) is 11.5 Å². The number of carbonyl (C=O) groups excluding carboxylic acids is 4. The highest BCUT2D eigenvalue weighted by Gasteiger charge is 3.11. The van der Waals surface area contributed by atoms with Crippen LogP contribution in [-0.4, -0.2) is 58.5 Å². The minimum absolute atomic E-state index is 0.0585. The van der Waals surface area contributed by atoms with Gasteiger partial charge in [-0.2, -0.15) is 0 Å². The molecule has 0 bridgehead atoms. The zero-order valence-corrected chi connectivity index (χ0v) is 36.9. The van der Waals surface area contributed by atoms with E-state index in [1.807, 2.05) is 151 Å². The molecular weight excluding hydrogens is 816 g/mol. The molecule has 2 heterocycles. The molecule has 7 atom stereocenters. The van der Waals surface area contributed by atoms with Crippen LogP contribution in [0.2, 0.25) is 5.02 Å². The monoisotopic (exact) mass is 866 g/mol. The van der Waals surface area contributed by atoms with Gasteiger partial charge in [0.25, 0.3) is 11.8 Å². The average molecular weight is 867 g/mol. The minimum Gasteiger partial charge on any atom is -0.494 e. The molecule has 0 aromatic heterocycles. The van der Waals surface area contributed by atoms with Gasteiger partial charge in [0.15, 0.2) is 18.5 Å². The number of anilines is 1. The van der Waals surface area contributed by atoms with Gasteiger partial charge in [-0.1, -0.05) is 98.2 Å². The Hall–Kier alpha value is -6.17. The van der Waals surface area contributed by atoms with E-state index in [0.717, 1.165) is 22.3 Å². The maximum absolute atomic E-state index is 15.5. The van der Waals surface area contributed by atoms with Crippen LogP contribution in [0.4, 0.5) is 5.69 Å². The van der Waals surface area contributed by atoms with Gasteiger partial charge in [0.1, 0.15) is 22.6 Å². The summed E-state index contributed by atoms with van der Waals surface area (Å²) in [5, 5.41) is 3.58. The van der Waals surface area contributed by atoms with Crippen molar-refractivity contribution < 1.29 is 33.4 Å². The van der Waals surface area contributed by atoms with Crippen molar-refractivity contribution in [3.63, 3.8) is 0 Å². The van der Waals surface area contributed by atoms with Crippen LogP contribution in [0.25, 0.3) is 0 Å². The predicted molar refractivity (Wildman–Crippen MR) is 239 cm³/mol. The molecule has 5 aromatic carbocycles. The summed E-state index contributed by atoms with van der Waals surface area (Å²) < 4.78 is 18.8. The number of piperidine rings is 1. The predicted octanol–water partition coefficient (Wildman–Crippen LogP) is 8.81. The summed E-state index contributed by atoms with van der Waals surface area (Å²) in [7, 11) is 0. The van der Waals surface area contributed by atoms with Crippen molar-refractivity contribution in [1.29, 1.82) is 0 Å². The Morgan fingerprint density at radius 3 is 2.33 bits per heavy atom. The quantitative estimate of drug-likeness (QED) is 0.0779. The van der Waals surface area contributed by atoms with Crippen molar-refractivity contribution in [3.05, 3.63) is 160 Å². The van der Waals surface area contributed by atoms with E-state index in [-0.39, 0.29) is 36.3 Å². The maximum Gasteiger partial charge on any atom is 0.264 e. The fraction of sp³-hybridized carbons (Fsp3) is 0.333. The number of aryl methyl sites for hydroxylation is 1. The van der Waals surface area contributed by atoms with Crippen LogP contribution in [0.1, 0.15) is 92.2 Å². The molecule has 9 rings (SSSR count). The Balaban J connectivity index is 1.20. The van der Waals surface area contributed by atoms with Gasteiger partial charge in [0, 0.05) is 34.7 Å². The molecule has 5 aromatic rings. The van der Waals surface area contributed by atoms with Crippen LogP contribution < -0.4 is 19.7 Å². The number of β-lactam (4-membered cyclic amide) rings is 1. The largest absolute Gasteiger partial charge is 0.494 e. The molecule has 2 saturated carbocycles. The normalized spacial score (nSPS) is 24.7. The van der Waals surface area contributed by atoms with Gasteiger partial charge < -0.3 is 19.5 Å². The Bertz CT molecular complexity index is 2620. The highest BCUT2D eigenvalue weighted by molar-refractivity contribution is 6.30. The van der Waals surface area contributed by atoms with Gasteiger partial charge in [-0.25, -0.2) is 0 Å². The number of nitrogens with one attached hydrogen (secondary N) is 1. The molecule has 1 N–H and O–H groups in total. The lowest BCUT2D eigenvalue weighted by Crippen LogP contribution is -2.78. The van der Waals surface area contributed by atoms with Gasteiger partial charge in [-0.15, -0.1) is 0 Å². The second-order valence-electron chi connectivity index (χ2n) is 17.4. The van der Waals surface area contributed by atoms with Gasteiger partial charge in [-0.3, -0.25) is 33.9 Å². The molecule has 12 heteroatoms. The summed E-state index contributed by atoms with van der Waals surface area (Å²) in [5.74, 6) is -0.711. The van der Waals surface area contributed by atoms with E-state index in [9.17, 15) is 4.79 Å². The molecule has 2 saturated heterocycles. The van der Waals surface area contributed by atoms with Gasteiger partial charge in [0.05, 0.1) is 12.7 Å². The van der Waals surface area contributed by atoms with E-state index in [1.54, 1.807) is 17.0 Å². The van der Waals surface area contributed by atoms with Crippen molar-refractivity contribution >= 4 is 41.4 Å². The standard InChI is InChI=1S/C51H51ClN4O7/c1-7-61-39-21-13-18-36(27-39)48-56(47(59)43(63-48)41-23-9-8-14-32(41)6)51-44-42(35-17-11-19-37(52)25-35)50(44,51)49(60)55(51)46(54(29-57)38-20-12-16-34(26-38)30(2)3)45(58)53-28-33-15-10-22-40(24-33)62-31(4)5/h8-27,29-31,42-44,46,48H,7,28H2,1-6H3,(H,53,58)/t42?,43-,44+,46?,48+,50+,51+/m0/s1. The van der Waals surface area contributed by atoms with Crippen LogP contribution in [-0.2, 0) is 30.5 Å². The molecule has 2 aliphatic heterocycles. The van der Waals surface area contributed by atoms with Crippen LogP contribution in [0.5, 0.6) is 11.5 Å². The first-order chi connectivity index (χ1) is 30.4. The first kappa shape index (κ1) is 42.1. The van der Waals surface area contributed by atoms with E-state index in [2.05, 4.69) is 5.32 Å². The van der Waals surface area contributed by atoms with E-state index < -0.39 is 41.4 Å². The number of ether oxygens (including phenoxy) is 3. The second-order valence-corrected chi connectivity index (χ2v) is 17.8. The van der Waals surface area contributed by atoms with E-state index in [0.29, 0.717) is 46.4 Å². The number of fused-ring (bicyclic) bond motifs is 1. The summed E-state index contributed by atoms with van der Waals surface area (Å²) in [4.78, 5) is 64.2. The van der Waals surface area contributed by atoms with Crippen molar-refractivity contribution in [2.24, 2.45) is 11.3 Å². The first-order valence-electron chi connectivity index (χ1n) is 21.6. The fourth-order valence-corrected chi connectivity index (χ4v) is 10.5. The number of hydrogen-bond donors (Lipinski definition) is 1. The fourth-order valence-electron chi connectivity index (χ4n) is 10.3. The number of carbonyl (C=O) groups is 4. The highest BCUT2D eigenvalue weighted by atomic mass is 35.5. The lowest BCUT2D eigenvalue weighted by molar-refractivity contribution is -0.197. The van der Waals surface area contributed by atoms with E-state index in [4.69, 9.17) is 25.8 Å². The SMILES string of the molecule is CCOc1cccc([C@H]2O[C@@H](c3ccccc3C)C(=O)N2[C@]23[C@@H]4C(c5cccc(Cl)c5)[C@]42C(=O)N3C(C(=O)NCc2cccc(OC(C)C)c2)N(C=O)c2cccc(C(C)C)c2)c1. The summed E-state index contributed by atoms with van der Waals surface area (Å²) in [6, 6.07) is 37.2. The molecule has 2 aliphatic carbocycles. The van der Waals surface area contributed by atoms with Crippen molar-refractivity contribution in [2.45, 2.75) is 90.2 Å². The van der Waals surface area contributed by atoms with Crippen molar-refractivity contribution in [1.82, 2.24) is 15.1 Å². The molecule has 1 spiro atoms. The molecular formula is C51H51ClN4O7.